The van der Waals surface area contributed by atoms with Crippen molar-refractivity contribution in [2.24, 2.45) is 5.92 Å². The van der Waals surface area contributed by atoms with E-state index in [-0.39, 0.29) is 18.4 Å². The van der Waals surface area contributed by atoms with Gasteiger partial charge in [0, 0.05) is 19.2 Å². The summed E-state index contributed by atoms with van der Waals surface area (Å²) in [5.74, 6) is 0.193. The summed E-state index contributed by atoms with van der Waals surface area (Å²) in [5.41, 5.74) is -0.451. The molecule has 1 rings (SSSR count). The molecular weight excluding hydrogens is 328 g/mol. The van der Waals surface area contributed by atoms with Gasteiger partial charge in [0.05, 0.1) is 0 Å². The third kappa shape index (κ3) is 6.86. The highest BCUT2D eigenvalue weighted by Gasteiger charge is 2.33. The summed E-state index contributed by atoms with van der Waals surface area (Å²) in [6.07, 6.45) is 5.61. The van der Waals surface area contributed by atoms with E-state index in [0.717, 1.165) is 32.0 Å². The van der Waals surface area contributed by atoms with Crippen LogP contribution in [0.4, 0.5) is 0 Å². The molecule has 0 saturated heterocycles. The first kappa shape index (κ1) is 21.7. The van der Waals surface area contributed by atoms with Gasteiger partial charge in [0.1, 0.15) is 11.8 Å². The van der Waals surface area contributed by atoms with E-state index < -0.39 is 5.54 Å². The van der Waals surface area contributed by atoms with E-state index in [1.165, 1.54) is 0 Å². The SMILES string of the molecule is CCCCC(CC)CC(C=O)(CNC(=O)c1ccccc1)NC(=N)NC. The molecule has 0 aliphatic carbocycles. The third-order valence-electron chi connectivity index (χ3n) is 4.65. The van der Waals surface area contributed by atoms with Crippen molar-refractivity contribution in [2.75, 3.05) is 13.6 Å². The van der Waals surface area contributed by atoms with Crippen molar-refractivity contribution < 1.29 is 9.59 Å². The van der Waals surface area contributed by atoms with Crippen LogP contribution in [0.2, 0.25) is 0 Å². The summed E-state index contributed by atoms with van der Waals surface area (Å²) >= 11 is 0. The Morgan fingerprint density at radius 3 is 2.50 bits per heavy atom. The second-order valence-corrected chi connectivity index (χ2v) is 6.69. The average Bonchev–Trinajstić information content (AvgIpc) is 2.69. The molecule has 0 fully saturated rings. The highest BCUT2D eigenvalue weighted by Crippen LogP contribution is 2.23. The number of hydrogen-bond donors (Lipinski definition) is 4. The summed E-state index contributed by atoms with van der Waals surface area (Å²) < 4.78 is 0. The van der Waals surface area contributed by atoms with Gasteiger partial charge in [-0.1, -0.05) is 57.7 Å². The lowest BCUT2D eigenvalue weighted by molar-refractivity contribution is -0.113. The summed E-state index contributed by atoms with van der Waals surface area (Å²) in [6.45, 7) is 4.40. The number of benzene rings is 1. The molecule has 6 heteroatoms. The summed E-state index contributed by atoms with van der Waals surface area (Å²) in [7, 11) is 1.63. The number of unbranched alkanes of at least 4 members (excludes halogenated alkanes) is 1. The molecule has 26 heavy (non-hydrogen) atoms. The molecule has 4 N–H and O–H groups in total. The van der Waals surface area contributed by atoms with E-state index >= 15 is 0 Å². The molecule has 0 radical (unpaired) electrons. The number of guanidine groups is 1. The van der Waals surface area contributed by atoms with Crippen molar-refractivity contribution in [1.82, 2.24) is 16.0 Å². The van der Waals surface area contributed by atoms with Crippen molar-refractivity contribution in [3.8, 4) is 0 Å². The molecule has 0 aromatic heterocycles. The Balaban J connectivity index is 2.89. The predicted octanol–water partition coefficient (Wildman–Crippen LogP) is 2.70. The molecule has 1 amide bonds. The second kappa shape index (κ2) is 11.3. The molecule has 2 atom stereocenters. The van der Waals surface area contributed by atoms with Crippen LogP contribution >= 0.6 is 0 Å². The average molecular weight is 361 g/mol. The number of rotatable bonds is 11. The zero-order valence-electron chi connectivity index (χ0n) is 16.1. The van der Waals surface area contributed by atoms with Crippen molar-refractivity contribution in [3.63, 3.8) is 0 Å². The molecule has 1 aromatic carbocycles. The first-order valence-corrected chi connectivity index (χ1v) is 9.34. The van der Waals surface area contributed by atoms with E-state index in [2.05, 4.69) is 29.8 Å². The van der Waals surface area contributed by atoms with Gasteiger partial charge in [-0.3, -0.25) is 10.2 Å². The van der Waals surface area contributed by atoms with Crippen molar-refractivity contribution in [1.29, 1.82) is 5.41 Å². The molecule has 0 bridgehead atoms. The van der Waals surface area contributed by atoms with Crippen LogP contribution in [0.1, 0.15) is 56.3 Å². The fourth-order valence-electron chi connectivity index (χ4n) is 2.99. The van der Waals surface area contributed by atoms with Crippen LogP contribution in [0, 0.1) is 11.3 Å². The minimum absolute atomic E-state index is 0.0661. The zero-order valence-corrected chi connectivity index (χ0v) is 16.1. The molecule has 2 unspecified atom stereocenters. The topological polar surface area (TPSA) is 94.1 Å². The molecular formula is C20H32N4O2. The van der Waals surface area contributed by atoms with Crippen LogP contribution in [0.3, 0.4) is 0 Å². The monoisotopic (exact) mass is 360 g/mol. The molecule has 0 aliphatic rings. The highest BCUT2D eigenvalue weighted by molar-refractivity contribution is 5.94. The fraction of sp³-hybridized carbons (Fsp3) is 0.550. The van der Waals surface area contributed by atoms with Gasteiger partial charge in [-0.2, -0.15) is 0 Å². The lowest BCUT2D eigenvalue weighted by Gasteiger charge is -2.33. The molecule has 0 aliphatic heterocycles. The lowest BCUT2D eigenvalue weighted by atomic mass is 9.84. The first-order valence-electron chi connectivity index (χ1n) is 9.34. The van der Waals surface area contributed by atoms with Crippen LogP contribution in [0.5, 0.6) is 0 Å². The normalized spacial score (nSPS) is 14.0. The van der Waals surface area contributed by atoms with E-state index in [9.17, 15) is 9.59 Å². The van der Waals surface area contributed by atoms with Crippen LogP contribution < -0.4 is 16.0 Å². The largest absolute Gasteiger partial charge is 0.360 e. The predicted molar refractivity (Wildman–Crippen MR) is 105 cm³/mol. The Morgan fingerprint density at radius 1 is 1.27 bits per heavy atom. The van der Waals surface area contributed by atoms with Crippen molar-refractivity contribution >= 4 is 18.2 Å². The zero-order chi connectivity index (χ0) is 19.4. The standard InChI is InChI=1S/C20H32N4O2/c1-4-6-10-16(5-2)13-20(15-25,24-19(21)22-3)14-23-18(26)17-11-8-7-9-12-17/h7-9,11-12,15-16H,4-6,10,13-14H2,1-3H3,(H,23,26)(H3,21,22,24). The molecule has 0 spiro atoms. The maximum atomic E-state index is 12.4. The van der Waals surface area contributed by atoms with Gasteiger partial charge in [-0.25, -0.2) is 0 Å². The quantitative estimate of drug-likeness (QED) is 0.277. The Bertz CT molecular complexity index is 576. The van der Waals surface area contributed by atoms with Crippen LogP contribution in [0.25, 0.3) is 0 Å². The first-order chi connectivity index (χ1) is 12.5. The number of carbonyl (C=O) groups excluding carboxylic acids is 2. The Morgan fingerprint density at radius 2 is 1.96 bits per heavy atom. The van der Waals surface area contributed by atoms with Gasteiger partial charge in [0.25, 0.3) is 5.91 Å². The van der Waals surface area contributed by atoms with Crippen molar-refractivity contribution in [2.45, 2.75) is 51.5 Å². The maximum absolute atomic E-state index is 12.4. The van der Waals surface area contributed by atoms with Crippen molar-refractivity contribution in [3.05, 3.63) is 35.9 Å². The van der Waals surface area contributed by atoms with E-state index in [4.69, 9.17) is 5.41 Å². The number of amides is 1. The molecule has 6 nitrogen and oxygen atoms in total. The Kier molecular flexibility index (Phi) is 9.41. The van der Waals surface area contributed by atoms with Gasteiger partial charge in [-0.15, -0.1) is 0 Å². The van der Waals surface area contributed by atoms with Crippen LogP contribution in [-0.2, 0) is 4.79 Å². The molecule has 0 heterocycles. The lowest BCUT2D eigenvalue weighted by Crippen LogP contribution is -2.59. The van der Waals surface area contributed by atoms with Crippen LogP contribution in [0.15, 0.2) is 30.3 Å². The van der Waals surface area contributed by atoms with Gasteiger partial charge in [-0.05, 0) is 24.5 Å². The van der Waals surface area contributed by atoms with E-state index in [1.807, 2.05) is 6.07 Å². The number of carbonyl (C=O) groups is 2. The second-order valence-electron chi connectivity index (χ2n) is 6.69. The van der Waals surface area contributed by atoms with E-state index in [0.29, 0.717) is 17.9 Å². The van der Waals surface area contributed by atoms with Crippen LogP contribution in [-0.4, -0.2) is 37.3 Å². The molecule has 0 saturated carbocycles. The minimum Gasteiger partial charge on any atom is -0.360 e. The number of nitrogens with one attached hydrogen (secondary N) is 4. The van der Waals surface area contributed by atoms with Gasteiger partial charge >= 0.3 is 0 Å². The Labute approximate surface area is 156 Å². The maximum Gasteiger partial charge on any atom is 0.251 e. The highest BCUT2D eigenvalue weighted by atomic mass is 16.1. The van der Waals surface area contributed by atoms with Gasteiger partial charge < -0.3 is 20.7 Å². The Hall–Kier alpha value is -2.37. The smallest absolute Gasteiger partial charge is 0.251 e. The number of hydrogen-bond acceptors (Lipinski definition) is 3. The summed E-state index contributed by atoms with van der Waals surface area (Å²) in [6, 6.07) is 8.92. The van der Waals surface area contributed by atoms with E-state index in [1.54, 1.807) is 31.3 Å². The summed E-state index contributed by atoms with van der Waals surface area (Å²) in [5, 5.41) is 16.4. The summed E-state index contributed by atoms with van der Waals surface area (Å²) in [4.78, 5) is 24.4. The fourth-order valence-corrected chi connectivity index (χ4v) is 2.99. The third-order valence-corrected chi connectivity index (χ3v) is 4.65. The van der Waals surface area contributed by atoms with Gasteiger partial charge in [0.2, 0.25) is 0 Å². The molecule has 144 valence electrons. The minimum atomic E-state index is -1.00. The van der Waals surface area contributed by atoms with Gasteiger partial charge in [0.15, 0.2) is 5.96 Å². The number of aldehydes is 1. The molecule has 1 aromatic rings.